The molecule has 11 heteroatoms. The summed E-state index contributed by atoms with van der Waals surface area (Å²) in [4.78, 5) is 23.2. The number of anilines is 1. The van der Waals surface area contributed by atoms with Crippen LogP contribution >= 0.6 is 8.60 Å². The van der Waals surface area contributed by atoms with Crippen LogP contribution in [0.4, 0.5) is 5.95 Å². The highest BCUT2D eigenvalue weighted by Crippen LogP contribution is 2.40. The predicted octanol–water partition coefficient (Wildman–Crippen LogP) is 3.26. The lowest BCUT2D eigenvalue weighted by Gasteiger charge is -2.39. The van der Waals surface area contributed by atoms with Crippen molar-refractivity contribution < 1.29 is 18.3 Å². The maximum absolute atomic E-state index is 12.2. The van der Waals surface area contributed by atoms with Gasteiger partial charge in [-0.15, -0.1) is 0 Å². The minimum atomic E-state index is -1.34. The van der Waals surface area contributed by atoms with Gasteiger partial charge in [0.25, 0.3) is 5.56 Å². The Labute approximate surface area is 183 Å². The summed E-state index contributed by atoms with van der Waals surface area (Å²) in [5.74, 6) is 1.15. The first-order chi connectivity index (χ1) is 14.9. The van der Waals surface area contributed by atoms with Gasteiger partial charge in [0.2, 0.25) is 5.95 Å². The molecule has 0 bridgehead atoms. The van der Waals surface area contributed by atoms with Crippen molar-refractivity contribution in [1.82, 2.24) is 19.5 Å². The molecule has 0 radical (unpaired) electrons. The lowest BCUT2D eigenvalue weighted by molar-refractivity contribution is -0.0734. The van der Waals surface area contributed by atoms with Crippen LogP contribution in [0.2, 0.25) is 0 Å². The van der Waals surface area contributed by atoms with Crippen molar-refractivity contribution in [2.45, 2.75) is 52.2 Å². The highest BCUT2D eigenvalue weighted by molar-refractivity contribution is 7.41. The molecule has 1 aliphatic heterocycles. The quantitative estimate of drug-likeness (QED) is 0.581. The Hall–Kier alpha value is -1.58. The zero-order valence-electron chi connectivity index (χ0n) is 18.9. The maximum Gasteiger partial charge on any atom is 0.332 e. The first-order valence-electron chi connectivity index (χ1n) is 10.7. The first-order valence-corrected chi connectivity index (χ1v) is 11.8. The summed E-state index contributed by atoms with van der Waals surface area (Å²) in [5, 5.41) is 0. The Kier molecular flexibility index (Phi) is 8.41. The monoisotopic (exact) mass is 455 g/mol. The van der Waals surface area contributed by atoms with Crippen LogP contribution in [0.25, 0.3) is 11.2 Å². The molecule has 0 aromatic carbocycles. The Balaban J connectivity index is 1.80. The van der Waals surface area contributed by atoms with Crippen LogP contribution in [-0.4, -0.2) is 53.1 Å². The molecule has 0 saturated carbocycles. The molecular formula is C20H34N5O5P. The molecule has 3 heterocycles. The summed E-state index contributed by atoms with van der Waals surface area (Å²) in [6.07, 6.45) is 4.68. The second-order valence-corrected chi connectivity index (χ2v) is 9.65. The fourth-order valence-corrected chi connectivity index (χ4v) is 5.24. The Bertz CT molecular complexity index is 902. The summed E-state index contributed by atoms with van der Waals surface area (Å²) < 4.78 is 24.7. The molecule has 1 saturated heterocycles. The third-order valence-electron chi connectivity index (χ3n) is 6.21. The van der Waals surface area contributed by atoms with Crippen molar-refractivity contribution >= 4 is 25.7 Å². The minimum absolute atomic E-state index is 0.0182. The van der Waals surface area contributed by atoms with Gasteiger partial charge in [-0.25, -0.2) is 4.98 Å². The third-order valence-corrected chi connectivity index (χ3v) is 7.16. The number of rotatable bonds is 8. The average Bonchev–Trinajstić information content (AvgIpc) is 3.15. The number of hydrogen-bond donors (Lipinski definition) is 2. The van der Waals surface area contributed by atoms with E-state index >= 15 is 0 Å². The van der Waals surface area contributed by atoms with Gasteiger partial charge in [0.05, 0.1) is 31.7 Å². The Morgan fingerprint density at radius 2 is 2.13 bits per heavy atom. The van der Waals surface area contributed by atoms with Crippen molar-refractivity contribution in [1.29, 1.82) is 0 Å². The number of ether oxygens (including phenoxy) is 1. The summed E-state index contributed by atoms with van der Waals surface area (Å²) >= 11 is 0. The van der Waals surface area contributed by atoms with E-state index in [0.717, 1.165) is 19.3 Å². The van der Waals surface area contributed by atoms with Gasteiger partial charge in [-0.1, -0.05) is 27.2 Å². The third kappa shape index (κ3) is 5.43. The predicted molar refractivity (Wildman–Crippen MR) is 120 cm³/mol. The van der Waals surface area contributed by atoms with E-state index in [2.05, 4.69) is 35.7 Å². The van der Waals surface area contributed by atoms with E-state index in [4.69, 9.17) is 24.0 Å². The summed E-state index contributed by atoms with van der Waals surface area (Å²) in [6, 6.07) is 0.0182. The molecule has 2 aromatic rings. The molecule has 0 aliphatic carbocycles. The van der Waals surface area contributed by atoms with Gasteiger partial charge < -0.3 is 28.6 Å². The fraction of sp³-hybridized carbons (Fsp3) is 0.750. The number of aromatic amines is 1. The number of imidazole rings is 1. The second kappa shape index (κ2) is 10.8. The fourth-order valence-electron chi connectivity index (χ4n) is 4.53. The number of nitrogen functional groups attached to an aromatic ring is 1. The summed E-state index contributed by atoms with van der Waals surface area (Å²) in [5.41, 5.74) is 6.22. The van der Waals surface area contributed by atoms with E-state index in [0.29, 0.717) is 36.2 Å². The number of nitrogens with one attached hydrogen (secondary N) is 1. The molecule has 174 valence electrons. The smallest absolute Gasteiger partial charge is 0.332 e. The van der Waals surface area contributed by atoms with Crippen molar-refractivity contribution in [2.24, 2.45) is 17.8 Å². The van der Waals surface area contributed by atoms with Crippen molar-refractivity contribution in [2.75, 3.05) is 33.2 Å². The number of nitrogens with zero attached hydrogens (tertiary/aromatic N) is 3. The SMILES string of the molecule is CC[C@@H]1C([C@@H](C)COP(OC)OC)OC[C@@H](n2cnc3c(=O)[nH]c(N)nc32)CC[C@H]1C. The lowest BCUT2D eigenvalue weighted by Crippen LogP contribution is -2.39. The van der Waals surface area contributed by atoms with Crippen LogP contribution in [0.1, 0.15) is 46.1 Å². The van der Waals surface area contributed by atoms with E-state index in [1.165, 1.54) is 0 Å². The second-order valence-electron chi connectivity index (χ2n) is 8.22. The molecule has 1 unspecified atom stereocenters. The van der Waals surface area contributed by atoms with E-state index < -0.39 is 8.60 Å². The molecule has 3 rings (SSSR count). The Morgan fingerprint density at radius 3 is 2.81 bits per heavy atom. The van der Waals surface area contributed by atoms with Gasteiger partial charge in [0.15, 0.2) is 11.2 Å². The van der Waals surface area contributed by atoms with E-state index in [-0.39, 0.29) is 29.6 Å². The van der Waals surface area contributed by atoms with Crippen LogP contribution < -0.4 is 11.3 Å². The molecular weight excluding hydrogens is 421 g/mol. The zero-order valence-corrected chi connectivity index (χ0v) is 19.8. The molecule has 1 aliphatic rings. The van der Waals surface area contributed by atoms with Gasteiger partial charge in [0, 0.05) is 20.1 Å². The van der Waals surface area contributed by atoms with E-state index in [1.807, 2.05) is 4.57 Å². The average molecular weight is 455 g/mol. The normalized spacial score (nSPS) is 26.1. The van der Waals surface area contributed by atoms with Crippen molar-refractivity contribution in [3.63, 3.8) is 0 Å². The van der Waals surface area contributed by atoms with Gasteiger partial charge in [-0.2, -0.15) is 4.98 Å². The molecule has 0 amide bonds. The van der Waals surface area contributed by atoms with E-state index in [9.17, 15) is 4.79 Å². The zero-order chi connectivity index (χ0) is 22.5. The molecule has 0 spiro atoms. The molecule has 3 N–H and O–H groups in total. The standard InChI is InChI=1S/C20H34N5O5P/c1-6-15-12(2)7-8-14(10-29-17(15)13(3)9-30-31(27-4)28-5)25-11-22-16-18(25)23-20(21)24-19(16)26/h11-15,17H,6-10H2,1-5H3,(H3,21,23,24,26)/t12-,13+,14+,15+,17?/m1/s1. The van der Waals surface area contributed by atoms with Crippen LogP contribution in [0.3, 0.4) is 0 Å². The molecule has 10 nitrogen and oxygen atoms in total. The maximum atomic E-state index is 12.2. The highest BCUT2D eigenvalue weighted by atomic mass is 31.2. The van der Waals surface area contributed by atoms with Gasteiger partial charge in [0.1, 0.15) is 0 Å². The van der Waals surface area contributed by atoms with Crippen LogP contribution in [0.5, 0.6) is 0 Å². The summed E-state index contributed by atoms with van der Waals surface area (Å²) in [7, 11) is 1.82. The number of nitrogens with two attached hydrogens (primary N) is 1. The summed E-state index contributed by atoms with van der Waals surface area (Å²) in [6.45, 7) is 7.63. The van der Waals surface area contributed by atoms with Crippen LogP contribution in [0.15, 0.2) is 11.1 Å². The number of hydrogen-bond acceptors (Lipinski definition) is 8. The van der Waals surface area contributed by atoms with Gasteiger partial charge in [-0.3, -0.25) is 9.78 Å². The molecule has 2 aromatic heterocycles. The van der Waals surface area contributed by atoms with Crippen molar-refractivity contribution in [3.05, 3.63) is 16.7 Å². The number of aromatic nitrogens is 4. The van der Waals surface area contributed by atoms with Crippen LogP contribution in [0, 0.1) is 17.8 Å². The molecule has 5 atom stereocenters. The molecule has 31 heavy (non-hydrogen) atoms. The Morgan fingerprint density at radius 1 is 1.39 bits per heavy atom. The van der Waals surface area contributed by atoms with Gasteiger partial charge >= 0.3 is 8.60 Å². The highest BCUT2D eigenvalue weighted by Gasteiger charge is 2.35. The largest absolute Gasteiger partial charge is 0.375 e. The topological polar surface area (TPSA) is 127 Å². The lowest BCUT2D eigenvalue weighted by atomic mass is 9.78. The van der Waals surface area contributed by atoms with Gasteiger partial charge in [-0.05, 0) is 24.7 Å². The first kappa shape index (κ1) is 24.1. The number of fused-ring (bicyclic) bond motifs is 1. The number of H-pyrrole nitrogens is 1. The molecule has 1 fully saturated rings. The minimum Gasteiger partial charge on any atom is -0.375 e. The van der Waals surface area contributed by atoms with E-state index in [1.54, 1.807) is 20.5 Å². The van der Waals surface area contributed by atoms with Crippen LogP contribution in [-0.2, 0) is 18.3 Å². The van der Waals surface area contributed by atoms with Crippen molar-refractivity contribution in [3.8, 4) is 0 Å².